The molecule has 1 aromatic rings. The Morgan fingerprint density at radius 1 is 0.917 bits per heavy atom. The highest BCUT2D eigenvalue weighted by Gasteiger charge is 2.80. The van der Waals surface area contributed by atoms with Gasteiger partial charge in [0, 0.05) is 0 Å². The van der Waals surface area contributed by atoms with Gasteiger partial charge in [-0.15, -0.1) is 23.5 Å². The maximum absolute atomic E-state index is 14.7. The zero-order chi connectivity index (χ0) is 17.6. The number of piperidine rings is 1. The largest absolute Gasteiger partial charge is 0.354 e. The molecular formula is C15H13F4NO2S2. The third kappa shape index (κ3) is 2.35. The summed E-state index contributed by atoms with van der Waals surface area (Å²) in [5.74, 6) is -12.3. The first-order valence-corrected chi connectivity index (χ1v) is 9.15. The summed E-state index contributed by atoms with van der Waals surface area (Å²) in [7, 11) is 0. The Morgan fingerprint density at radius 3 is 1.92 bits per heavy atom. The summed E-state index contributed by atoms with van der Waals surface area (Å²) in [6.07, 6.45) is 0.472. The Bertz CT molecular complexity index is 633. The highest BCUT2D eigenvalue weighted by molar-refractivity contribution is 8.19. The minimum atomic E-state index is -4.34. The normalized spacial score (nSPS) is 25.1. The van der Waals surface area contributed by atoms with Crippen LogP contribution in [0.4, 0.5) is 17.6 Å². The Balaban J connectivity index is 2.01. The topological polar surface area (TPSA) is 37.4 Å². The average molecular weight is 379 g/mol. The third-order valence-corrected chi connectivity index (χ3v) is 7.47. The predicted octanol–water partition coefficient (Wildman–Crippen LogP) is 3.39. The predicted molar refractivity (Wildman–Crippen MR) is 84.2 cm³/mol. The zero-order valence-corrected chi connectivity index (χ0v) is 13.9. The van der Waals surface area contributed by atoms with Crippen LogP contribution in [0.3, 0.4) is 0 Å². The van der Waals surface area contributed by atoms with Crippen LogP contribution in [0.2, 0.25) is 0 Å². The average Bonchev–Trinajstić information content (AvgIpc) is 2.58. The summed E-state index contributed by atoms with van der Waals surface area (Å²) in [6, 6.07) is 7.74. The number of carbonyl (C=O) groups is 2. The second-order valence-electron chi connectivity index (χ2n) is 5.50. The molecule has 2 heterocycles. The second-order valence-corrected chi connectivity index (χ2v) is 8.37. The van der Waals surface area contributed by atoms with Gasteiger partial charge >= 0.3 is 23.7 Å². The van der Waals surface area contributed by atoms with Gasteiger partial charge in [-0.1, -0.05) is 30.3 Å². The van der Waals surface area contributed by atoms with Gasteiger partial charge in [0.2, 0.25) is 4.08 Å². The highest BCUT2D eigenvalue weighted by atomic mass is 32.2. The molecule has 0 unspecified atom stereocenters. The van der Waals surface area contributed by atoms with Crippen LogP contribution < -0.4 is 0 Å². The summed E-state index contributed by atoms with van der Waals surface area (Å²) < 4.78 is 55.7. The molecule has 9 heteroatoms. The minimum Gasteiger partial charge on any atom is -0.267 e. The third-order valence-electron chi connectivity index (χ3n) is 3.94. The van der Waals surface area contributed by atoms with E-state index in [0.29, 0.717) is 35.5 Å². The quantitative estimate of drug-likeness (QED) is 0.583. The number of hydrogen-bond donors (Lipinski definition) is 0. The fourth-order valence-corrected chi connectivity index (χ4v) is 5.96. The summed E-state index contributed by atoms with van der Waals surface area (Å²) >= 11 is 0.622. The molecule has 2 aliphatic rings. The lowest BCUT2D eigenvalue weighted by atomic mass is 9.99. The molecule has 0 aromatic heterocycles. The number of benzene rings is 1. The van der Waals surface area contributed by atoms with E-state index in [2.05, 4.69) is 0 Å². The fraction of sp³-hybridized carbons (Fsp3) is 0.467. The molecule has 0 bridgehead atoms. The van der Waals surface area contributed by atoms with E-state index >= 15 is 0 Å². The lowest BCUT2D eigenvalue weighted by Crippen LogP contribution is -2.73. The van der Waals surface area contributed by atoms with E-state index in [1.807, 2.05) is 0 Å². The first kappa shape index (κ1) is 17.6. The van der Waals surface area contributed by atoms with Crippen LogP contribution in [0.15, 0.2) is 30.3 Å². The molecule has 130 valence electrons. The zero-order valence-electron chi connectivity index (χ0n) is 12.3. The van der Waals surface area contributed by atoms with Gasteiger partial charge in [0.1, 0.15) is 0 Å². The first-order chi connectivity index (χ1) is 11.2. The van der Waals surface area contributed by atoms with Crippen molar-refractivity contribution in [3.8, 4) is 0 Å². The second kappa shape index (κ2) is 5.94. The number of carbonyl (C=O) groups excluding carboxylic acids is 2. The number of likely N-dealkylation sites (tertiary alicyclic amines) is 1. The summed E-state index contributed by atoms with van der Waals surface area (Å²) in [6.45, 7) is -0.602. The van der Waals surface area contributed by atoms with E-state index < -0.39 is 34.3 Å². The minimum absolute atomic E-state index is 0.0176. The van der Waals surface area contributed by atoms with Crippen molar-refractivity contribution in [3.63, 3.8) is 0 Å². The van der Waals surface area contributed by atoms with E-state index in [1.165, 1.54) is 12.1 Å². The molecule has 3 rings (SSSR count). The molecule has 2 saturated heterocycles. The smallest absolute Gasteiger partial charge is 0.267 e. The molecule has 2 fully saturated rings. The number of amides is 2. The first-order valence-electron chi connectivity index (χ1n) is 7.18. The standard InChI is InChI=1S/C15H13F4NO2S2/c16-13(17)11(21)20(9-10-5-2-1-3-6-10)12(22)14(18,19)15(13)23-7-4-8-24-15/h1-3,5-6H,4,7-9H2. The molecule has 3 nitrogen and oxygen atoms in total. The van der Waals surface area contributed by atoms with Crippen LogP contribution in [0.25, 0.3) is 0 Å². The van der Waals surface area contributed by atoms with Gasteiger partial charge in [-0.25, -0.2) is 0 Å². The van der Waals surface area contributed by atoms with E-state index in [1.54, 1.807) is 18.2 Å². The number of rotatable bonds is 2. The van der Waals surface area contributed by atoms with Gasteiger partial charge in [0.15, 0.2) is 0 Å². The molecule has 0 N–H and O–H groups in total. The van der Waals surface area contributed by atoms with Crippen molar-refractivity contribution >= 4 is 35.3 Å². The summed E-state index contributed by atoms with van der Waals surface area (Å²) in [4.78, 5) is 24.4. The van der Waals surface area contributed by atoms with Crippen LogP contribution in [0.5, 0.6) is 0 Å². The van der Waals surface area contributed by atoms with E-state index in [0.717, 1.165) is 0 Å². The van der Waals surface area contributed by atoms with Crippen LogP contribution in [-0.4, -0.2) is 44.1 Å². The maximum atomic E-state index is 14.7. The molecule has 2 amide bonds. The Hall–Kier alpha value is -1.22. The van der Waals surface area contributed by atoms with E-state index in [-0.39, 0.29) is 16.4 Å². The van der Waals surface area contributed by atoms with Crippen LogP contribution >= 0.6 is 23.5 Å². The van der Waals surface area contributed by atoms with Gasteiger partial charge < -0.3 is 0 Å². The molecule has 1 spiro atoms. The summed E-state index contributed by atoms with van der Waals surface area (Å²) in [5, 5.41) is 0. The van der Waals surface area contributed by atoms with Crippen molar-refractivity contribution in [2.24, 2.45) is 0 Å². The van der Waals surface area contributed by atoms with Gasteiger partial charge in [-0.2, -0.15) is 17.6 Å². The van der Waals surface area contributed by atoms with E-state index in [4.69, 9.17) is 0 Å². The Labute approximate surface area is 144 Å². The Morgan fingerprint density at radius 2 is 1.42 bits per heavy atom. The molecular weight excluding hydrogens is 366 g/mol. The molecule has 24 heavy (non-hydrogen) atoms. The molecule has 1 aromatic carbocycles. The monoisotopic (exact) mass is 379 g/mol. The SMILES string of the molecule is O=C1N(Cc2ccccc2)C(=O)C(F)(F)C2(SCCCS2)C1(F)F. The number of imide groups is 1. The molecule has 0 aliphatic carbocycles. The van der Waals surface area contributed by atoms with Crippen molar-refractivity contribution in [2.45, 2.75) is 28.9 Å². The number of thioether (sulfide) groups is 2. The van der Waals surface area contributed by atoms with Crippen molar-refractivity contribution in [2.75, 3.05) is 11.5 Å². The number of alkyl halides is 4. The Kier molecular flexibility index (Phi) is 4.36. The fourth-order valence-electron chi connectivity index (χ4n) is 2.71. The number of nitrogens with zero attached hydrogens (tertiary/aromatic N) is 1. The maximum Gasteiger partial charge on any atom is 0.354 e. The van der Waals surface area contributed by atoms with Crippen molar-refractivity contribution in [1.29, 1.82) is 0 Å². The number of halogens is 4. The summed E-state index contributed by atoms with van der Waals surface area (Å²) in [5.41, 5.74) is 0.325. The number of hydrogen-bond acceptors (Lipinski definition) is 4. The molecule has 0 saturated carbocycles. The van der Waals surface area contributed by atoms with E-state index in [9.17, 15) is 27.2 Å². The van der Waals surface area contributed by atoms with Gasteiger partial charge in [-0.05, 0) is 23.5 Å². The van der Waals surface area contributed by atoms with Crippen molar-refractivity contribution < 1.29 is 27.2 Å². The lowest BCUT2D eigenvalue weighted by molar-refractivity contribution is -0.203. The van der Waals surface area contributed by atoms with Crippen LogP contribution in [0, 0.1) is 0 Å². The van der Waals surface area contributed by atoms with Crippen LogP contribution in [-0.2, 0) is 16.1 Å². The van der Waals surface area contributed by atoms with Gasteiger partial charge in [-0.3, -0.25) is 14.5 Å². The van der Waals surface area contributed by atoms with Crippen LogP contribution in [0.1, 0.15) is 12.0 Å². The lowest BCUT2D eigenvalue weighted by Gasteiger charge is -2.49. The van der Waals surface area contributed by atoms with Gasteiger partial charge in [0.25, 0.3) is 0 Å². The molecule has 0 radical (unpaired) electrons. The van der Waals surface area contributed by atoms with Crippen molar-refractivity contribution in [1.82, 2.24) is 4.90 Å². The molecule has 0 atom stereocenters. The van der Waals surface area contributed by atoms with Crippen molar-refractivity contribution in [3.05, 3.63) is 35.9 Å². The highest BCUT2D eigenvalue weighted by Crippen LogP contribution is 2.62. The van der Waals surface area contributed by atoms with Gasteiger partial charge in [0.05, 0.1) is 6.54 Å². The molecule has 2 aliphatic heterocycles.